The van der Waals surface area contributed by atoms with Gasteiger partial charge in [-0.1, -0.05) is 26.2 Å². The fourth-order valence-corrected chi connectivity index (χ4v) is 3.69. The van der Waals surface area contributed by atoms with E-state index in [1.54, 1.807) is 6.26 Å². The van der Waals surface area contributed by atoms with Crippen LogP contribution in [0.4, 0.5) is 0 Å². The molecule has 16 heavy (non-hydrogen) atoms. The van der Waals surface area contributed by atoms with Crippen molar-refractivity contribution in [3.05, 3.63) is 0 Å². The highest BCUT2D eigenvalue weighted by Gasteiger charge is 2.23. The maximum atomic E-state index is 11.2. The van der Waals surface area contributed by atoms with E-state index in [9.17, 15) is 4.21 Å². The number of nitrogens with one attached hydrogen (secondary N) is 1. The Morgan fingerprint density at radius 1 is 1.31 bits per heavy atom. The first-order chi connectivity index (χ1) is 7.63. The molecule has 1 rings (SSSR count). The van der Waals surface area contributed by atoms with Crippen LogP contribution in [0.25, 0.3) is 0 Å². The second-order valence-corrected chi connectivity index (χ2v) is 6.70. The van der Waals surface area contributed by atoms with E-state index in [2.05, 4.69) is 19.2 Å². The van der Waals surface area contributed by atoms with Crippen LogP contribution in [0.2, 0.25) is 0 Å². The van der Waals surface area contributed by atoms with Gasteiger partial charge in [0.1, 0.15) is 0 Å². The van der Waals surface area contributed by atoms with E-state index in [0.717, 1.165) is 11.7 Å². The minimum Gasteiger partial charge on any atom is -0.310 e. The summed E-state index contributed by atoms with van der Waals surface area (Å²) in [6, 6.07) is 1.02. The van der Waals surface area contributed by atoms with Crippen LogP contribution in [0.5, 0.6) is 0 Å². The SMILES string of the molecule is CCC(NC(C)CS(C)=O)C1CCCCC1. The van der Waals surface area contributed by atoms with Gasteiger partial charge in [0.15, 0.2) is 0 Å². The van der Waals surface area contributed by atoms with Gasteiger partial charge in [0.25, 0.3) is 0 Å². The molecule has 2 nitrogen and oxygen atoms in total. The molecular formula is C13H27NOS. The molecule has 0 aromatic rings. The Kier molecular flexibility index (Phi) is 6.59. The third-order valence-electron chi connectivity index (χ3n) is 3.64. The molecule has 0 aliphatic heterocycles. The lowest BCUT2D eigenvalue weighted by Gasteiger charge is -2.32. The zero-order valence-corrected chi connectivity index (χ0v) is 11.8. The van der Waals surface area contributed by atoms with Crippen molar-refractivity contribution in [2.45, 2.75) is 64.5 Å². The van der Waals surface area contributed by atoms with Crippen LogP contribution < -0.4 is 5.32 Å². The minimum absolute atomic E-state index is 0.387. The Morgan fingerprint density at radius 3 is 2.44 bits per heavy atom. The summed E-state index contributed by atoms with van der Waals surface area (Å²) < 4.78 is 11.2. The topological polar surface area (TPSA) is 29.1 Å². The summed E-state index contributed by atoms with van der Waals surface area (Å²) in [5.74, 6) is 1.63. The van der Waals surface area contributed by atoms with Crippen LogP contribution >= 0.6 is 0 Å². The highest BCUT2D eigenvalue weighted by molar-refractivity contribution is 7.84. The van der Waals surface area contributed by atoms with Crippen LogP contribution in [-0.4, -0.2) is 28.3 Å². The molecule has 1 N–H and O–H groups in total. The van der Waals surface area contributed by atoms with Crippen molar-refractivity contribution in [2.75, 3.05) is 12.0 Å². The monoisotopic (exact) mass is 245 g/mol. The van der Waals surface area contributed by atoms with Crippen LogP contribution in [0.15, 0.2) is 0 Å². The molecule has 0 amide bonds. The molecule has 1 aliphatic rings. The molecule has 3 atom stereocenters. The van der Waals surface area contributed by atoms with Crippen LogP contribution in [-0.2, 0) is 10.8 Å². The normalized spacial score (nSPS) is 23.9. The van der Waals surface area contributed by atoms with Crippen LogP contribution in [0, 0.1) is 5.92 Å². The minimum atomic E-state index is -0.681. The molecule has 0 aromatic carbocycles. The van der Waals surface area contributed by atoms with Gasteiger partial charge in [0.05, 0.1) is 0 Å². The van der Waals surface area contributed by atoms with E-state index < -0.39 is 10.8 Å². The Balaban J connectivity index is 2.37. The summed E-state index contributed by atoms with van der Waals surface area (Å²) in [7, 11) is -0.681. The predicted octanol–water partition coefficient (Wildman–Crippen LogP) is 2.70. The summed E-state index contributed by atoms with van der Waals surface area (Å²) in [5.41, 5.74) is 0. The highest BCUT2D eigenvalue weighted by atomic mass is 32.2. The third kappa shape index (κ3) is 4.96. The van der Waals surface area contributed by atoms with Crippen molar-refractivity contribution in [3.8, 4) is 0 Å². The number of rotatable bonds is 6. The van der Waals surface area contributed by atoms with Gasteiger partial charge in [-0.15, -0.1) is 0 Å². The first-order valence-electron chi connectivity index (χ1n) is 6.69. The predicted molar refractivity (Wildman–Crippen MR) is 72.2 cm³/mol. The molecule has 0 heterocycles. The van der Waals surface area contributed by atoms with Gasteiger partial charge in [-0.25, -0.2) is 0 Å². The second-order valence-electron chi connectivity index (χ2n) is 5.22. The van der Waals surface area contributed by atoms with Crippen molar-refractivity contribution in [1.29, 1.82) is 0 Å². The molecule has 0 radical (unpaired) electrons. The van der Waals surface area contributed by atoms with Crippen molar-refractivity contribution in [2.24, 2.45) is 5.92 Å². The van der Waals surface area contributed by atoms with Gasteiger partial charge in [-0.2, -0.15) is 0 Å². The molecule has 3 heteroatoms. The summed E-state index contributed by atoms with van der Waals surface area (Å²) in [4.78, 5) is 0. The lowest BCUT2D eigenvalue weighted by molar-refractivity contribution is 0.253. The summed E-state index contributed by atoms with van der Waals surface area (Å²) in [6.45, 7) is 4.43. The number of hydrogen-bond donors (Lipinski definition) is 1. The zero-order valence-electron chi connectivity index (χ0n) is 11.0. The summed E-state index contributed by atoms with van der Waals surface area (Å²) >= 11 is 0. The average Bonchev–Trinajstić information content (AvgIpc) is 2.26. The second kappa shape index (κ2) is 7.44. The molecule has 0 saturated heterocycles. The molecule has 96 valence electrons. The molecule has 1 saturated carbocycles. The van der Waals surface area contributed by atoms with E-state index in [4.69, 9.17) is 0 Å². The maximum absolute atomic E-state index is 11.2. The first-order valence-corrected chi connectivity index (χ1v) is 8.42. The van der Waals surface area contributed by atoms with Gasteiger partial charge >= 0.3 is 0 Å². The van der Waals surface area contributed by atoms with E-state index >= 15 is 0 Å². The van der Waals surface area contributed by atoms with E-state index in [0.29, 0.717) is 12.1 Å². The van der Waals surface area contributed by atoms with Crippen molar-refractivity contribution in [1.82, 2.24) is 5.32 Å². The fourth-order valence-electron chi connectivity index (χ4n) is 2.89. The smallest absolute Gasteiger partial charge is 0.0383 e. The van der Waals surface area contributed by atoms with Crippen LogP contribution in [0.3, 0.4) is 0 Å². The lowest BCUT2D eigenvalue weighted by atomic mass is 9.82. The largest absolute Gasteiger partial charge is 0.310 e. The van der Waals surface area contributed by atoms with Crippen molar-refractivity contribution < 1.29 is 4.21 Å². The summed E-state index contributed by atoms with van der Waals surface area (Å²) in [6.07, 6.45) is 9.97. The fraction of sp³-hybridized carbons (Fsp3) is 1.00. The first kappa shape index (κ1) is 14.2. The van der Waals surface area contributed by atoms with Crippen LogP contribution in [0.1, 0.15) is 52.4 Å². The van der Waals surface area contributed by atoms with E-state index in [-0.39, 0.29) is 0 Å². The van der Waals surface area contributed by atoms with Gasteiger partial charge in [-0.05, 0) is 32.1 Å². The zero-order chi connectivity index (χ0) is 12.0. The molecule has 1 aliphatic carbocycles. The molecule has 3 unspecified atom stereocenters. The Labute approximate surface area is 103 Å². The Morgan fingerprint density at radius 2 is 1.94 bits per heavy atom. The molecule has 0 aromatic heterocycles. The standard InChI is InChI=1S/C13H27NOS/c1-4-13(12-8-6-5-7-9-12)14-11(2)10-16(3)15/h11-14H,4-10H2,1-3H3. The van der Waals surface area contributed by atoms with Gasteiger partial charge in [-0.3, -0.25) is 4.21 Å². The molecule has 0 bridgehead atoms. The van der Waals surface area contributed by atoms with Gasteiger partial charge < -0.3 is 5.32 Å². The van der Waals surface area contributed by atoms with E-state index in [1.165, 1.54) is 38.5 Å². The number of hydrogen-bond acceptors (Lipinski definition) is 2. The molecule has 1 fully saturated rings. The van der Waals surface area contributed by atoms with Crippen molar-refractivity contribution in [3.63, 3.8) is 0 Å². The molecular weight excluding hydrogens is 218 g/mol. The van der Waals surface area contributed by atoms with Gasteiger partial charge in [0, 0.05) is 34.9 Å². The highest BCUT2D eigenvalue weighted by Crippen LogP contribution is 2.27. The van der Waals surface area contributed by atoms with E-state index in [1.807, 2.05) is 0 Å². The average molecular weight is 245 g/mol. The van der Waals surface area contributed by atoms with Crippen molar-refractivity contribution >= 4 is 10.8 Å². The molecule has 0 spiro atoms. The maximum Gasteiger partial charge on any atom is 0.0383 e. The summed E-state index contributed by atoms with van der Waals surface area (Å²) in [5, 5.41) is 3.67. The third-order valence-corrected chi connectivity index (χ3v) is 4.61. The lowest BCUT2D eigenvalue weighted by Crippen LogP contribution is -2.44. The Bertz CT molecular complexity index is 214. The van der Waals surface area contributed by atoms with Gasteiger partial charge in [0.2, 0.25) is 0 Å². The Hall–Kier alpha value is 0.110. The quantitative estimate of drug-likeness (QED) is 0.779.